The molecular formula is C26H37N5O5. The molecule has 0 aliphatic rings. The van der Waals surface area contributed by atoms with Gasteiger partial charge in [-0.25, -0.2) is 14.6 Å². The van der Waals surface area contributed by atoms with Gasteiger partial charge in [0, 0.05) is 27.2 Å². The van der Waals surface area contributed by atoms with Crippen molar-refractivity contribution in [2.45, 2.75) is 78.3 Å². The highest BCUT2D eigenvalue weighted by Crippen LogP contribution is 2.17. The van der Waals surface area contributed by atoms with E-state index < -0.39 is 29.0 Å². The Morgan fingerprint density at radius 2 is 1.81 bits per heavy atom. The molecule has 3 rings (SSSR count). The molecule has 0 aliphatic carbocycles. The van der Waals surface area contributed by atoms with Crippen molar-refractivity contribution >= 4 is 17.3 Å². The zero-order valence-corrected chi connectivity index (χ0v) is 22.0. The van der Waals surface area contributed by atoms with Gasteiger partial charge in [-0.3, -0.25) is 13.9 Å². The molecule has 3 aromatic rings. The molecule has 36 heavy (non-hydrogen) atoms. The monoisotopic (exact) mass is 499 g/mol. The number of hydrogen-bond acceptors (Lipinski definition) is 6. The number of unbranched alkanes of at least 4 members (excludes halogenated alkanes) is 1. The predicted molar refractivity (Wildman–Crippen MR) is 138 cm³/mol. The predicted octanol–water partition coefficient (Wildman–Crippen LogP) is 2.86. The van der Waals surface area contributed by atoms with Crippen LogP contribution in [0.2, 0.25) is 0 Å². The van der Waals surface area contributed by atoms with Crippen LogP contribution in [0.5, 0.6) is 0 Å². The fourth-order valence-corrected chi connectivity index (χ4v) is 4.00. The Kier molecular flexibility index (Phi) is 8.39. The number of ether oxygens (including phenoxy) is 1. The maximum atomic E-state index is 13.6. The SMILES string of the molecule is C[C@H](O)CCCCn1c(=O)c2c(nc(CN(C)C(=O)OC(C)(C)C)n2Cc2ccccc2)n(C)c1=O. The molecule has 1 aromatic carbocycles. The Labute approximate surface area is 210 Å². The van der Waals surface area contributed by atoms with Crippen molar-refractivity contribution in [2.75, 3.05) is 7.05 Å². The zero-order chi connectivity index (χ0) is 26.6. The summed E-state index contributed by atoms with van der Waals surface area (Å²) in [6, 6.07) is 9.64. The van der Waals surface area contributed by atoms with E-state index in [1.54, 1.807) is 46.4 Å². The summed E-state index contributed by atoms with van der Waals surface area (Å²) in [5.74, 6) is 0.473. The third-order valence-corrected chi connectivity index (χ3v) is 5.83. The van der Waals surface area contributed by atoms with Crippen molar-refractivity contribution in [3.05, 3.63) is 62.6 Å². The largest absolute Gasteiger partial charge is 0.444 e. The molecule has 1 N–H and O–H groups in total. The van der Waals surface area contributed by atoms with Gasteiger partial charge in [0.15, 0.2) is 11.2 Å². The maximum absolute atomic E-state index is 13.6. The second-order valence-electron chi connectivity index (χ2n) is 10.3. The number of hydrogen-bond donors (Lipinski definition) is 1. The van der Waals surface area contributed by atoms with Gasteiger partial charge in [0.05, 0.1) is 12.6 Å². The molecule has 1 amide bonds. The molecule has 10 nitrogen and oxygen atoms in total. The molecule has 2 heterocycles. The minimum atomic E-state index is -0.652. The van der Waals surface area contributed by atoms with Gasteiger partial charge in [-0.2, -0.15) is 0 Å². The summed E-state index contributed by atoms with van der Waals surface area (Å²) in [7, 11) is 3.21. The van der Waals surface area contributed by atoms with E-state index in [0.717, 1.165) is 5.56 Å². The molecule has 0 spiro atoms. The van der Waals surface area contributed by atoms with Gasteiger partial charge in [-0.05, 0) is 52.5 Å². The van der Waals surface area contributed by atoms with Crippen LogP contribution in [-0.2, 0) is 31.4 Å². The smallest absolute Gasteiger partial charge is 0.410 e. The van der Waals surface area contributed by atoms with Crippen molar-refractivity contribution in [1.29, 1.82) is 0 Å². The van der Waals surface area contributed by atoms with Crippen molar-refractivity contribution in [3.8, 4) is 0 Å². The van der Waals surface area contributed by atoms with Gasteiger partial charge >= 0.3 is 11.8 Å². The molecule has 10 heteroatoms. The van der Waals surface area contributed by atoms with Crippen LogP contribution >= 0.6 is 0 Å². The minimum Gasteiger partial charge on any atom is -0.444 e. The number of carbonyl (C=O) groups is 1. The van der Waals surface area contributed by atoms with Crippen LogP contribution in [0, 0.1) is 0 Å². The van der Waals surface area contributed by atoms with Gasteiger partial charge in [0.2, 0.25) is 0 Å². The topological polar surface area (TPSA) is 112 Å². The second-order valence-corrected chi connectivity index (χ2v) is 10.3. The van der Waals surface area contributed by atoms with Crippen molar-refractivity contribution in [3.63, 3.8) is 0 Å². The van der Waals surface area contributed by atoms with Crippen molar-refractivity contribution in [1.82, 2.24) is 23.6 Å². The average molecular weight is 500 g/mol. The summed E-state index contributed by atoms with van der Waals surface area (Å²) in [5, 5.41) is 9.51. The lowest BCUT2D eigenvalue weighted by molar-refractivity contribution is 0.0279. The molecule has 0 fully saturated rings. The standard InChI is InChI=1S/C26H37N5O5/c1-18(32)12-10-11-15-30-23(33)21-22(29(6)24(30)34)27-20(17-28(5)25(35)36-26(2,3)4)31(21)16-19-13-8-7-9-14-19/h7-9,13-14,18,32H,10-12,15-17H2,1-6H3/t18-/m0/s1. The molecule has 1 atom stereocenters. The van der Waals surface area contributed by atoms with E-state index in [1.807, 2.05) is 30.3 Å². The summed E-state index contributed by atoms with van der Waals surface area (Å²) in [6.07, 6.45) is 0.950. The lowest BCUT2D eigenvalue weighted by atomic mass is 10.2. The first-order valence-electron chi connectivity index (χ1n) is 12.2. The van der Waals surface area contributed by atoms with E-state index >= 15 is 0 Å². The van der Waals surface area contributed by atoms with Crippen LogP contribution in [0.4, 0.5) is 4.79 Å². The molecule has 0 aliphatic heterocycles. The van der Waals surface area contributed by atoms with E-state index in [1.165, 1.54) is 14.0 Å². The third kappa shape index (κ3) is 6.42. The molecule has 2 aromatic heterocycles. The maximum Gasteiger partial charge on any atom is 0.410 e. The number of aliphatic hydroxyl groups excluding tert-OH is 1. The summed E-state index contributed by atoms with van der Waals surface area (Å²) in [5.41, 5.74) is 0.0225. The number of rotatable bonds is 9. The van der Waals surface area contributed by atoms with E-state index in [0.29, 0.717) is 37.1 Å². The Hall–Kier alpha value is -3.40. The highest BCUT2D eigenvalue weighted by Gasteiger charge is 2.24. The first-order chi connectivity index (χ1) is 16.9. The Bertz CT molecular complexity index is 1310. The number of fused-ring (bicyclic) bond motifs is 1. The Morgan fingerprint density at radius 3 is 2.42 bits per heavy atom. The van der Waals surface area contributed by atoms with Crippen molar-refractivity contribution < 1.29 is 14.6 Å². The van der Waals surface area contributed by atoms with E-state index in [4.69, 9.17) is 4.74 Å². The van der Waals surface area contributed by atoms with Crippen LogP contribution in [0.25, 0.3) is 11.2 Å². The zero-order valence-electron chi connectivity index (χ0n) is 22.0. The number of amides is 1. The minimum absolute atomic E-state index is 0.0957. The highest BCUT2D eigenvalue weighted by atomic mass is 16.6. The lowest BCUT2D eigenvalue weighted by Crippen LogP contribution is -2.39. The number of aryl methyl sites for hydroxylation is 1. The summed E-state index contributed by atoms with van der Waals surface area (Å²) in [4.78, 5) is 45.3. The van der Waals surface area contributed by atoms with Gasteiger partial charge in [0.1, 0.15) is 11.4 Å². The molecule has 0 unspecified atom stereocenters. The molecule has 0 bridgehead atoms. The number of imidazole rings is 1. The van der Waals surface area contributed by atoms with E-state index in [-0.39, 0.29) is 18.7 Å². The van der Waals surface area contributed by atoms with Gasteiger partial charge < -0.3 is 19.3 Å². The van der Waals surface area contributed by atoms with Crippen LogP contribution in [0.3, 0.4) is 0 Å². The van der Waals surface area contributed by atoms with Crippen LogP contribution < -0.4 is 11.2 Å². The number of aliphatic hydroxyl groups is 1. The molecule has 0 saturated carbocycles. The molecular weight excluding hydrogens is 462 g/mol. The second kappa shape index (κ2) is 11.1. The first kappa shape index (κ1) is 27.2. The van der Waals surface area contributed by atoms with Gasteiger partial charge in [-0.15, -0.1) is 0 Å². The summed E-state index contributed by atoms with van der Waals surface area (Å²) in [6.45, 7) is 7.80. The van der Waals surface area contributed by atoms with Crippen LogP contribution in [0.1, 0.15) is 58.3 Å². The fourth-order valence-electron chi connectivity index (χ4n) is 4.00. The quantitative estimate of drug-likeness (QED) is 0.453. The Balaban J connectivity index is 2.08. The number of carbonyl (C=O) groups excluding carboxylic acids is 1. The lowest BCUT2D eigenvalue weighted by Gasteiger charge is -2.24. The number of benzene rings is 1. The third-order valence-electron chi connectivity index (χ3n) is 5.83. The fraction of sp³-hybridized carbons (Fsp3) is 0.538. The Morgan fingerprint density at radius 1 is 1.14 bits per heavy atom. The molecule has 0 saturated heterocycles. The average Bonchev–Trinajstić information content (AvgIpc) is 3.14. The summed E-state index contributed by atoms with van der Waals surface area (Å²) < 4.78 is 9.86. The normalized spacial score (nSPS) is 12.6. The van der Waals surface area contributed by atoms with E-state index in [9.17, 15) is 19.5 Å². The number of nitrogens with zero attached hydrogens (tertiary/aromatic N) is 5. The highest BCUT2D eigenvalue weighted by molar-refractivity contribution is 5.72. The van der Waals surface area contributed by atoms with Gasteiger partial charge in [0.25, 0.3) is 5.56 Å². The van der Waals surface area contributed by atoms with Crippen LogP contribution in [0.15, 0.2) is 39.9 Å². The van der Waals surface area contributed by atoms with Gasteiger partial charge in [-0.1, -0.05) is 30.3 Å². The van der Waals surface area contributed by atoms with E-state index in [2.05, 4.69) is 4.98 Å². The number of aromatic nitrogens is 4. The van der Waals surface area contributed by atoms with Crippen LogP contribution in [-0.4, -0.2) is 53.5 Å². The summed E-state index contributed by atoms with van der Waals surface area (Å²) >= 11 is 0. The first-order valence-corrected chi connectivity index (χ1v) is 12.2. The molecule has 0 radical (unpaired) electrons. The molecule has 196 valence electrons. The van der Waals surface area contributed by atoms with Crippen molar-refractivity contribution in [2.24, 2.45) is 7.05 Å².